The Morgan fingerprint density at radius 2 is 2.03 bits per heavy atom. The minimum absolute atomic E-state index is 0.0858. The molecule has 152 valence electrons. The van der Waals surface area contributed by atoms with Gasteiger partial charge >= 0.3 is 0 Å². The summed E-state index contributed by atoms with van der Waals surface area (Å²) >= 11 is 0. The van der Waals surface area contributed by atoms with Gasteiger partial charge in [0.25, 0.3) is 5.91 Å². The van der Waals surface area contributed by atoms with Crippen LogP contribution >= 0.6 is 0 Å². The van der Waals surface area contributed by atoms with Crippen molar-refractivity contribution in [2.75, 3.05) is 13.1 Å². The van der Waals surface area contributed by atoms with Gasteiger partial charge in [0, 0.05) is 18.3 Å². The third-order valence-corrected chi connectivity index (χ3v) is 5.40. The third-order valence-electron chi connectivity index (χ3n) is 5.40. The molecule has 4 rings (SSSR count). The molecular weight excluding hydrogens is 369 g/mol. The first-order valence-electron chi connectivity index (χ1n) is 10.1. The van der Waals surface area contributed by atoms with Gasteiger partial charge in [0.2, 0.25) is 0 Å². The summed E-state index contributed by atoms with van der Waals surface area (Å²) in [5.74, 6) is 1.10. The summed E-state index contributed by atoms with van der Waals surface area (Å²) in [5.41, 5.74) is 2.28. The van der Waals surface area contributed by atoms with E-state index in [0.29, 0.717) is 24.8 Å². The van der Waals surface area contributed by atoms with E-state index in [1.807, 2.05) is 18.2 Å². The van der Waals surface area contributed by atoms with E-state index in [1.165, 1.54) is 22.7 Å². The highest BCUT2D eigenvalue weighted by Crippen LogP contribution is 2.23. The maximum absolute atomic E-state index is 13.5. The normalized spacial score (nSPS) is 18.6. The molecule has 0 bridgehead atoms. The van der Waals surface area contributed by atoms with E-state index in [0.717, 1.165) is 24.4 Å². The monoisotopic (exact) mass is 396 g/mol. The average molecular weight is 396 g/mol. The van der Waals surface area contributed by atoms with Crippen LogP contribution in [0.1, 0.15) is 47.5 Å². The maximum atomic E-state index is 13.5. The van der Waals surface area contributed by atoms with Gasteiger partial charge in [-0.2, -0.15) is 0 Å². The average Bonchev–Trinajstić information content (AvgIpc) is 3.36. The largest absolute Gasteiger partial charge is 0.450 e. The number of halogens is 1. The van der Waals surface area contributed by atoms with E-state index in [-0.39, 0.29) is 17.8 Å². The number of aromatic nitrogens is 1. The van der Waals surface area contributed by atoms with Gasteiger partial charge in [0.1, 0.15) is 12.4 Å². The molecule has 2 aromatic heterocycles. The first-order chi connectivity index (χ1) is 14.0. The third kappa shape index (κ3) is 4.27. The number of amides is 1. The topological polar surface area (TPSA) is 51.6 Å². The Kier molecular flexibility index (Phi) is 5.53. The predicted molar refractivity (Wildman–Crippen MR) is 108 cm³/mol. The maximum Gasteiger partial charge on any atom is 0.287 e. The van der Waals surface area contributed by atoms with Crippen molar-refractivity contribution < 1.29 is 18.5 Å². The number of rotatable bonds is 6. The van der Waals surface area contributed by atoms with Gasteiger partial charge in [-0.05, 0) is 54.4 Å². The number of nitrogens with zero attached hydrogens (tertiary/aromatic N) is 1. The van der Waals surface area contributed by atoms with Crippen molar-refractivity contribution in [2.45, 2.75) is 33.0 Å². The van der Waals surface area contributed by atoms with Crippen molar-refractivity contribution in [2.24, 2.45) is 5.92 Å². The van der Waals surface area contributed by atoms with Gasteiger partial charge in [0.05, 0.1) is 18.8 Å². The highest BCUT2D eigenvalue weighted by atomic mass is 19.1. The van der Waals surface area contributed by atoms with E-state index >= 15 is 0 Å². The first-order valence-corrected chi connectivity index (χ1v) is 10.1. The van der Waals surface area contributed by atoms with Crippen LogP contribution in [0.2, 0.25) is 0 Å². The van der Waals surface area contributed by atoms with Crippen LogP contribution in [0.5, 0.6) is 0 Å². The van der Waals surface area contributed by atoms with Crippen LogP contribution in [-0.2, 0) is 13.1 Å². The SMILES string of the molecule is CC(C)CNC(=O)c1ccc(C[NH+]2CCn3cccc3[C@@H]2c2ccc(F)cc2)o1. The molecule has 1 aliphatic rings. The number of benzene rings is 1. The molecule has 0 radical (unpaired) electrons. The van der Waals surface area contributed by atoms with Gasteiger partial charge < -0.3 is 19.2 Å². The molecule has 0 spiro atoms. The van der Waals surface area contributed by atoms with E-state index in [4.69, 9.17) is 4.42 Å². The van der Waals surface area contributed by atoms with Crippen molar-refractivity contribution in [3.05, 3.63) is 83.3 Å². The lowest BCUT2D eigenvalue weighted by Crippen LogP contribution is -3.12. The van der Waals surface area contributed by atoms with Crippen LogP contribution in [0.25, 0.3) is 0 Å². The molecule has 1 amide bonds. The van der Waals surface area contributed by atoms with Crippen LogP contribution in [0.4, 0.5) is 4.39 Å². The van der Waals surface area contributed by atoms with E-state index in [2.05, 4.69) is 42.1 Å². The summed E-state index contributed by atoms with van der Waals surface area (Å²) in [7, 11) is 0. The zero-order valence-corrected chi connectivity index (χ0v) is 16.8. The van der Waals surface area contributed by atoms with Crippen LogP contribution in [0, 0.1) is 11.7 Å². The summed E-state index contributed by atoms with van der Waals surface area (Å²) in [5, 5.41) is 2.89. The van der Waals surface area contributed by atoms with Crippen LogP contribution in [0.15, 0.2) is 59.1 Å². The lowest BCUT2D eigenvalue weighted by atomic mass is 9.99. The number of fused-ring (bicyclic) bond motifs is 1. The second-order valence-electron chi connectivity index (χ2n) is 8.07. The zero-order chi connectivity index (χ0) is 20.4. The highest BCUT2D eigenvalue weighted by Gasteiger charge is 2.33. The Bertz CT molecular complexity index is 974. The number of nitrogens with one attached hydrogen (secondary N) is 2. The molecule has 2 N–H and O–H groups in total. The van der Waals surface area contributed by atoms with Gasteiger partial charge in [-0.15, -0.1) is 0 Å². The molecule has 0 saturated heterocycles. The Labute approximate surface area is 170 Å². The fraction of sp³-hybridized carbons (Fsp3) is 0.348. The number of furan rings is 1. The number of quaternary nitrogens is 1. The molecule has 3 heterocycles. The summed E-state index contributed by atoms with van der Waals surface area (Å²) in [6, 6.07) is 14.6. The van der Waals surface area contributed by atoms with Gasteiger partial charge in [-0.1, -0.05) is 13.8 Å². The first kappa shape index (κ1) is 19.5. The zero-order valence-electron chi connectivity index (χ0n) is 16.8. The minimum Gasteiger partial charge on any atom is -0.450 e. The molecule has 0 aliphatic carbocycles. The Balaban J connectivity index is 1.54. The van der Waals surface area contributed by atoms with Crippen molar-refractivity contribution >= 4 is 5.91 Å². The number of carbonyl (C=O) groups excluding carboxylic acids is 1. The summed E-state index contributed by atoms with van der Waals surface area (Å²) in [4.78, 5) is 13.6. The van der Waals surface area contributed by atoms with Crippen LogP contribution < -0.4 is 10.2 Å². The van der Waals surface area contributed by atoms with E-state index in [9.17, 15) is 9.18 Å². The second-order valence-corrected chi connectivity index (χ2v) is 8.07. The Hall–Kier alpha value is -2.86. The highest BCUT2D eigenvalue weighted by molar-refractivity contribution is 5.91. The molecule has 1 aliphatic heterocycles. The van der Waals surface area contributed by atoms with Crippen molar-refractivity contribution in [1.82, 2.24) is 9.88 Å². The van der Waals surface area contributed by atoms with Crippen molar-refractivity contribution in [1.29, 1.82) is 0 Å². The summed E-state index contributed by atoms with van der Waals surface area (Å²) in [6.45, 7) is 7.22. The number of hydrogen-bond acceptors (Lipinski definition) is 2. The molecule has 1 unspecified atom stereocenters. The molecule has 2 atom stereocenters. The fourth-order valence-electron chi connectivity index (χ4n) is 3.97. The van der Waals surface area contributed by atoms with Crippen molar-refractivity contribution in [3.63, 3.8) is 0 Å². The molecule has 5 nitrogen and oxygen atoms in total. The van der Waals surface area contributed by atoms with Gasteiger partial charge in [-0.25, -0.2) is 4.39 Å². The minimum atomic E-state index is -0.232. The van der Waals surface area contributed by atoms with Crippen LogP contribution in [-0.4, -0.2) is 23.6 Å². The summed E-state index contributed by atoms with van der Waals surface area (Å²) in [6.07, 6.45) is 2.09. The van der Waals surface area contributed by atoms with Gasteiger partial charge in [-0.3, -0.25) is 4.79 Å². The lowest BCUT2D eigenvalue weighted by molar-refractivity contribution is -0.944. The molecule has 0 fully saturated rings. The predicted octanol–water partition coefficient (Wildman–Crippen LogP) is 2.79. The fourth-order valence-corrected chi connectivity index (χ4v) is 3.97. The smallest absolute Gasteiger partial charge is 0.287 e. The standard InChI is InChI=1S/C23H26FN3O2/c1-16(2)14-25-23(28)21-10-9-19(29-21)15-27-13-12-26-11-3-4-20(26)22(27)17-5-7-18(24)8-6-17/h3-11,16,22H,12-15H2,1-2H3,(H,25,28)/p+1/t22-/m0/s1. The van der Waals surface area contributed by atoms with Crippen LogP contribution in [0.3, 0.4) is 0 Å². The number of hydrogen-bond donors (Lipinski definition) is 2. The lowest BCUT2D eigenvalue weighted by Gasteiger charge is -2.33. The van der Waals surface area contributed by atoms with Crippen molar-refractivity contribution in [3.8, 4) is 0 Å². The van der Waals surface area contributed by atoms with E-state index in [1.54, 1.807) is 6.07 Å². The molecule has 3 aromatic rings. The second kappa shape index (κ2) is 8.25. The molecule has 6 heteroatoms. The molecule has 29 heavy (non-hydrogen) atoms. The Morgan fingerprint density at radius 1 is 1.24 bits per heavy atom. The quantitative estimate of drug-likeness (QED) is 0.673. The number of carbonyl (C=O) groups is 1. The van der Waals surface area contributed by atoms with E-state index < -0.39 is 0 Å². The summed E-state index contributed by atoms with van der Waals surface area (Å²) < 4.78 is 21.6. The molecular formula is C23H27FN3O2+. The molecule has 1 aromatic carbocycles. The van der Waals surface area contributed by atoms with Gasteiger partial charge in [0.15, 0.2) is 17.6 Å². The Morgan fingerprint density at radius 3 is 2.79 bits per heavy atom. The molecule has 0 saturated carbocycles.